The van der Waals surface area contributed by atoms with E-state index in [0.29, 0.717) is 0 Å². The molecule has 2 unspecified atom stereocenters. The van der Waals surface area contributed by atoms with E-state index in [1.165, 1.54) is 12.1 Å². The molecule has 3 aromatic carbocycles. The second-order valence-electron chi connectivity index (χ2n) is 12.7. The summed E-state index contributed by atoms with van der Waals surface area (Å²) in [5.74, 6) is -14.3. The predicted octanol–water partition coefficient (Wildman–Crippen LogP) is 2.22. The molecular weight excluding hydrogens is 608 g/mol. The molecule has 0 aliphatic heterocycles. The molecule has 4 aliphatic carbocycles. The summed E-state index contributed by atoms with van der Waals surface area (Å²) in [7, 11) is 0. The minimum atomic E-state index is -3.02. The summed E-state index contributed by atoms with van der Waals surface area (Å²) in [5, 5.41) is 36.5. The van der Waals surface area contributed by atoms with E-state index in [2.05, 4.69) is 5.32 Å². The zero-order chi connectivity index (χ0) is 33.5. The van der Waals surface area contributed by atoms with Gasteiger partial charge in [0, 0.05) is 24.2 Å². The molecule has 0 saturated heterocycles. The Morgan fingerprint density at radius 3 is 2.17 bits per heavy atom. The van der Waals surface area contributed by atoms with E-state index in [1.54, 1.807) is 6.92 Å². The van der Waals surface area contributed by atoms with E-state index in [9.17, 15) is 44.1 Å². The lowest BCUT2D eigenvalue weighted by atomic mass is 9.50. The number of nitrogens with two attached hydrogens (primary N) is 1. The van der Waals surface area contributed by atoms with Crippen LogP contribution in [-0.4, -0.2) is 68.8 Å². The van der Waals surface area contributed by atoms with Crippen LogP contribution in [0, 0.1) is 23.7 Å². The van der Waals surface area contributed by atoms with Crippen LogP contribution < -0.4 is 11.1 Å². The number of fused-ring (bicyclic) bond motifs is 6. The molecule has 2 saturated carbocycles. The molecule has 0 heterocycles. The van der Waals surface area contributed by atoms with Crippen molar-refractivity contribution in [3.63, 3.8) is 0 Å². The molecule has 4 aliphatic rings. The van der Waals surface area contributed by atoms with Crippen molar-refractivity contribution in [2.24, 2.45) is 29.4 Å². The smallest absolute Gasteiger partial charge is 0.411 e. The van der Waals surface area contributed by atoms with E-state index >= 15 is 0 Å². The Morgan fingerprint density at radius 2 is 1.55 bits per heavy atom. The van der Waals surface area contributed by atoms with Gasteiger partial charge in [-0.15, -0.1) is 0 Å². The number of aromatic hydroxyl groups is 1. The van der Waals surface area contributed by atoms with E-state index in [1.807, 2.05) is 48.5 Å². The molecule has 7 atom stereocenters. The average molecular weight is 639 g/mol. The third-order valence-corrected chi connectivity index (χ3v) is 10.4. The topological polar surface area (TPSA) is 210 Å². The first-order valence-electron chi connectivity index (χ1n) is 15.2. The highest BCUT2D eigenvalue weighted by Gasteiger charge is 2.69. The molecule has 2 amide bonds. The van der Waals surface area contributed by atoms with Gasteiger partial charge in [0.25, 0.3) is 0 Å². The summed E-state index contributed by atoms with van der Waals surface area (Å²) in [6, 6.07) is 18.4. The largest absolute Gasteiger partial charge is 0.505 e. The van der Waals surface area contributed by atoms with Crippen molar-refractivity contribution in [3.05, 3.63) is 82.9 Å². The number of aliphatic hydroxyl groups is 2. The number of benzene rings is 3. The predicted molar refractivity (Wildman–Crippen MR) is 163 cm³/mol. The van der Waals surface area contributed by atoms with Crippen LogP contribution >= 0.6 is 0 Å². The van der Waals surface area contributed by atoms with Gasteiger partial charge in [-0.05, 0) is 39.8 Å². The normalized spacial score (nSPS) is 29.3. The lowest BCUT2D eigenvalue weighted by Gasteiger charge is -2.52. The fourth-order valence-electron chi connectivity index (χ4n) is 8.20. The molecular formula is C35H30N2O10. The summed E-state index contributed by atoms with van der Waals surface area (Å²) in [4.78, 5) is 78.4. The number of aliphatic hydroxyl groups excluding tert-OH is 1. The van der Waals surface area contributed by atoms with Crippen LogP contribution in [0.3, 0.4) is 0 Å². The number of rotatable bonds is 4. The Morgan fingerprint density at radius 1 is 0.936 bits per heavy atom. The molecule has 47 heavy (non-hydrogen) atoms. The first-order valence-corrected chi connectivity index (χ1v) is 15.2. The standard InChI is InChI=1S/C35H30N2O10/c1-14-15-10-11-22(37-34(45)47-13-20-18-8-4-2-6-16(18)17-7-3-5-9-19(17)20)29(40)25(15)30(41)27-24(14)28(39)21-12-23(38)26(33(36)44)31(42)35(21,46)32(27)43/h2-11,14,20-21,24,26-28,39-40,46H,12-13H2,1H3,(H2,36,44)(H,37,45)/t14-,21+,24+,26?,27?,28+,35+/m0/s1. The van der Waals surface area contributed by atoms with E-state index < -0.39 is 88.6 Å². The molecule has 0 bridgehead atoms. The van der Waals surface area contributed by atoms with Crippen molar-refractivity contribution >= 4 is 40.8 Å². The SMILES string of the molecule is C[C@H]1c2ccc(NC(=O)OCC3c4ccccc4-c4ccccc43)c(O)c2C(=O)C2C(=O)[C@]3(O)C(=O)C(C(N)=O)C(=O)C[C@@H]3[C@@H](O)[C@@H]21. The Hall–Kier alpha value is -5.20. The molecule has 12 nitrogen and oxygen atoms in total. The van der Waals surface area contributed by atoms with E-state index in [0.717, 1.165) is 22.3 Å². The number of ether oxygens (including phenoxy) is 1. The van der Waals surface area contributed by atoms with Crippen LogP contribution in [0.15, 0.2) is 60.7 Å². The number of primary amides is 1. The number of carbonyl (C=O) groups is 6. The zero-order valence-electron chi connectivity index (χ0n) is 25.0. The van der Waals surface area contributed by atoms with Crippen LogP contribution in [0.25, 0.3) is 11.1 Å². The molecule has 2 fully saturated rings. The highest BCUT2D eigenvalue weighted by molar-refractivity contribution is 6.31. The van der Waals surface area contributed by atoms with Crippen molar-refractivity contribution in [2.75, 3.05) is 11.9 Å². The fraction of sp³-hybridized carbons (Fsp3) is 0.314. The molecule has 0 aromatic heterocycles. The van der Waals surface area contributed by atoms with Crippen molar-refractivity contribution in [3.8, 4) is 16.9 Å². The maximum absolute atomic E-state index is 13.9. The van der Waals surface area contributed by atoms with Gasteiger partial charge in [0.2, 0.25) is 5.91 Å². The Kier molecular flexibility index (Phi) is 6.92. The number of phenols is 1. The van der Waals surface area contributed by atoms with Crippen LogP contribution in [0.2, 0.25) is 0 Å². The molecule has 0 radical (unpaired) electrons. The first kappa shape index (κ1) is 30.5. The number of amides is 2. The van der Waals surface area contributed by atoms with Gasteiger partial charge in [0.15, 0.2) is 34.7 Å². The van der Waals surface area contributed by atoms with E-state index in [-0.39, 0.29) is 29.3 Å². The summed E-state index contributed by atoms with van der Waals surface area (Å²) >= 11 is 0. The summed E-state index contributed by atoms with van der Waals surface area (Å²) < 4.78 is 5.56. The quantitative estimate of drug-likeness (QED) is 0.208. The molecule has 0 spiro atoms. The number of hydrogen-bond donors (Lipinski definition) is 5. The average Bonchev–Trinajstić information content (AvgIpc) is 3.36. The van der Waals surface area contributed by atoms with Gasteiger partial charge in [-0.2, -0.15) is 0 Å². The van der Waals surface area contributed by atoms with Gasteiger partial charge in [0.1, 0.15) is 12.4 Å². The number of anilines is 1. The van der Waals surface area contributed by atoms with Crippen LogP contribution in [0.5, 0.6) is 5.75 Å². The van der Waals surface area contributed by atoms with Crippen LogP contribution in [0.4, 0.5) is 10.5 Å². The third kappa shape index (κ3) is 4.21. The maximum Gasteiger partial charge on any atom is 0.411 e. The first-order chi connectivity index (χ1) is 22.4. The van der Waals surface area contributed by atoms with E-state index in [4.69, 9.17) is 10.5 Å². The van der Waals surface area contributed by atoms with Gasteiger partial charge in [-0.1, -0.05) is 61.5 Å². The highest BCUT2D eigenvalue weighted by Crippen LogP contribution is 2.54. The van der Waals surface area contributed by atoms with Crippen LogP contribution in [0.1, 0.15) is 52.2 Å². The minimum absolute atomic E-state index is 0.0136. The zero-order valence-corrected chi connectivity index (χ0v) is 25.0. The van der Waals surface area contributed by atoms with Crippen molar-refractivity contribution in [1.82, 2.24) is 0 Å². The lowest BCUT2D eigenvalue weighted by molar-refractivity contribution is -0.189. The summed E-state index contributed by atoms with van der Waals surface area (Å²) in [6.45, 7) is 1.58. The number of hydrogen-bond acceptors (Lipinski definition) is 10. The lowest BCUT2D eigenvalue weighted by Crippen LogP contribution is -2.72. The summed E-state index contributed by atoms with van der Waals surface area (Å²) in [5.41, 5.74) is 6.02. The number of phenolic OH excluding ortho intramolecular Hbond substituents is 1. The van der Waals surface area contributed by atoms with Crippen molar-refractivity contribution in [1.29, 1.82) is 0 Å². The van der Waals surface area contributed by atoms with Crippen molar-refractivity contribution < 1.29 is 48.8 Å². The van der Waals surface area contributed by atoms with Crippen LogP contribution in [-0.2, 0) is 23.9 Å². The Bertz CT molecular complexity index is 1890. The maximum atomic E-state index is 13.9. The number of carbonyl (C=O) groups excluding carboxylic acids is 6. The third-order valence-electron chi connectivity index (χ3n) is 10.4. The Balaban J connectivity index is 1.16. The second kappa shape index (κ2) is 10.7. The van der Waals surface area contributed by atoms with Gasteiger partial charge in [0.05, 0.1) is 23.3 Å². The second-order valence-corrected chi connectivity index (χ2v) is 12.7. The van der Waals surface area contributed by atoms with Gasteiger partial charge >= 0.3 is 6.09 Å². The van der Waals surface area contributed by atoms with Crippen molar-refractivity contribution in [2.45, 2.75) is 36.9 Å². The van der Waals surface area contributed by atoms with Gasteiger partial charge in [-0.25, -0.2) is 4.79 Å². The monoisotopic (exact) mass is 638 g/mol. The Labute approximate surface area is 267 Å². The highest BCUT2D eigenvalue weighted by atomic mass is 16.5. The number of ketones is 4. The molecule has 12 heteroatoms. The van der Waals surface area contributed by atoms with Gasteiger partial charge < -0.3 is 25.8 Å². The molecule has 6 N–H and O–H groups in total. The number of Topliss-reactive ketones (excluding diaryl/α,β-unsaturated/α-hetero) is 4. The summed E-state index contributed by atoms with van der Waals surface area (Å²) in [6.07, 6.45) is -3.25. The molecule has 7 rings (SSSR count). The van der Waals surface area contributed by atoms with Gasteiger partial charge in [-0.3, -0.25) is 29.3 Å². The fourth-order valence-corrected chi connectivity index (χ4v) is 8.20. The molecule has 240 valence electrons. The molecule has 3 aromatic rings. The number of nitrogens with one attached hydrogen (secondary N) is 1. The minimum Gasteiger partial charge on any atom is -0.505 e.